The summed E-state index contributed by atoms with van der Waals surface area (Å²) in [5, 5.41) is 0. The molecular formula is C10H16N2. The minimum absolute atomic E-state index is 0.678. The van der Waals surface area contributed by atoms with Crippen LogP contribution in [0.4, 0.5) is 0 Å². The van der Waals surface area contributed by atoms with Crippen molar-refractivity contribution in [1.29, 1.82) is 0 Å². The number of nitrogens with zero attached hydrogens (tertiary/aromatic N) is 1. The molecule has 2 heteroatoms. The minimum atomic E-state index is 0.678. The van der Waals surface area contributed by atoms with E-state index in [4.69, 9.17) is 0 Å². The maximum Gasteiger partial charge on any atom is 0.0449 e. The van der Waals surface area contributed by atoms with Gasteiger partial charge < -0.3 is 5.43 Å². The van der Waals surface area contributed by atoms with Crippen LogP contribution >= 0.6 is 0 Å². The van der Waals surface area contributed by atoms with E-state index < -0.39 is 0 Å². The first-order valence-electron chi connectivity index (χ1n) is 4.79. The topological polar surface area (TPSA) is 17.0 Å². The van der Waals surface area contributed by atoms with Crippen LogP contribution < -0.4 is 5.43 Å². The van der Waals surface area contributed by atoms with Gasteiger partial charge in [-0.3, -0.25) is 4.68 Å². The number of rotatable bonds is 4. The van der Waals surface area contributed by atoms with Crippen LogP contribution in [0.15, 0.2) is 24.5 Å². The molecule has 1 heterocycles. The highest BCUT2D eigenvalue weighted by Crippen LogP contribution is 2.34. The largest absolute Gasteiger partial charge is 0.323 e. The molecule has 0 saturated heterocycles. The van der Waals surface area contributed by atoms with Gasteiger partial charge in [-0.1, -0.05) is 6.92 Å². The lowest BCUT2D eigenvalue weighted by atomic mass is 10.1. The third-order valence-corrected chi connectivity index (χ3v) is 2.55. The zero-order chi connectivity index (χ0) is 8.39. The molecule has 1 unspecified atom stereocenters. The van der Waals surface area contributed by atoms with E-state index >= 15 is 0 Å². The predicted molar refractivity (Wildman–Crippen MR) is 50.6 cm³/mol. The summed E-state index contributed by atoms with van der Waals surface area (Å²) in [4.78, 5) is 0. The Bertz CT molecular complexity index is 224. The van der Waals surface area contributed by atoms with E-state index in [-0.39, 0.29) is 0 Å². The molecule has 2 nitrogen and oxygen atoms in total. The second-order valence-corrected chi connectivity index (χ2v) is 3.57. The fourth-order valence-electron chi connectivity index (χ4n) is 1.64. The Morgan fingerprint density at radius 2 is 2.08 bits per heavy atom. The van der Waals surface area contributed by atoms with Gasteiger partial charge in [-0.25, -0.2) is 0 Å². The smallest absolute Gasteiger partial charge is 0.0449 e. The molecule has 1 aromatic heterocycles. The standard InChI is InChI=1S/C10H16N2/c1-2-10(9-5-6-9)11-12-7-3-4-8-12/h3-4,7-11H,2,5-6H2,1H3. The highest BCUT2D eigenvalue weighted by molar-refractivity contribution is 4.99. The molecule has 12 heavy (non-hydrogen) atoms. The highest BCUT2D eigenvalue weighted by atomic mass is 15.4. The van der Waals surface area contributed by atoms with Crippen LogP contribution in [0, 0.1) is 5.92 Å². The Morgan fingerprint density at radius 3 is 2.58 bits per heavy atom. The van der Waals surface area contributed by atoms with E-state index in [0.29, 0.717) is 6.04 Å². The summed E-state index contributed by atoms with van der Waals surface area (Å²) in [5.74, 6) is 0.928. The summed E-state index contributed by atoms with van der Waals surface area (Å²) in [6.07, 6.45) is 8.17. The molecule has 0 aromatic carbocycles. The summed E-state index contributed by atoms with van der Waals surface area (Å²) in [5.41, 5.74) is 3.49. The van der Waals surface area contributed by atoms with Crippen LogP contribution in [-0.2, 0) is 0 Å². The molecule has 1 aliphatic rings. The van der Waals surface area contributed by atoms with Crippen LogP contribution in [0.25, 0.3) is 0 Å². The Hall–Kier alpha value is -0.920. The zero-order valence-corrected chi connectivity index (χ0v) is 7.53. The lowest BCUT2D eigenvalue weighted by Crippen LogP contribution is -2.28. The number of hydrogen-bond donors (Lipinski definition) is 1. The van der Waals surface area contributed by atoms with Gasteiger partial charge in [0, 0.05) is 18.4 Å². The lowest BCUT2D eigenvalue weighted by Gasteiger charge is -2.18. The molecule has 1 saturated carbocycles. The van der Waals surface area contributed by atoms with Crippen LogP contribution in [0.3, 0.4) is 0 Å². The molecule has 1 atom stereocenters. The fourth-order valence-corrected chi connectivity index (χ4v) is 1.64. The van der Waals surface area contributed by atoms with Gasteiger partial charge in [0.2, 0.25) is 0 Å². The van der Waals surface area contributed by atoms with Gasteiger partial charge in [0.25, 0.3) is 0 Å². The first kappa shape index (κ1) is 7.71. The van der Waals surface area contributed by atoms with E-state index in [2.05, 4.69) is 29.4 Å². The third kappa shape index (κ3) is 1.63. The Labute approximate surface area is 73.6 Å². The summed E-state index contributed by atoms with van der Waals surface area (Å²) >= 11 is 0. The van der Waals surface area contributed by atoms with Crippen LogP contribution in [0.1, 0.15) is 26.2 Å². The first-order chi connectivity index (χ1) is 5.90. The van der Waals surface area contributed by atoms with E-state index in [1.807, 2.05) is 12.1 Å². The van der Waals surface area contributed by atoms with Crippen LogP contribution in [-0.4, -0.2) is 10.7 Å². The van der Waals surface area contributed by atoms with E-state index in [1.165, 1.54) is 19.3 Å². The molecular weight excluding hydrogens is 148 g/mol. The van der Waals surface area contributed by atoms with Crippen LogP contribution in [0.5, 0.6) is 0 Å². The highest BCUT2D eigenvalue weighted by Gasteiger charge is 2.29. The van der Waals surface area contributed by atoms with Crippen molar-refractivity contribution in [3.8, 4) is 0 Å². The molecule has 1 aromatic rings. The summed E-state index contributed by atoms with van der Waals surface area (Å²) < 4.78 is 2.06. The molecule has 66 valence electrons. The molecule has 1 fully saturated rings. The van der Waals surface area contributed by atoms with Crippen LogP contribution in [0.2, 0.25) is 0 Å². The van der Waals surface area contributed by atoms with Crippen molar-refractivity contribution in [3.05, 3.63) is 24.5 Å². The maximum atomic E-state index is 3.49. The molecule has 0 spiro atoms. The van der Waals surface area contributed by atoms with Gasteiger partial charge >= 0.3 is 0 Å². The van der Waals surface area contributed by atoms with E-state index in [1.54, 1.807) is 0 Å². The van der Waals surface area contributed by atoms with Gasteiger partial charge in [0.05, 0.1) is 0 Å². The molecule has 1 N–H and O–H groups in total. The Balaban J connectivity index is 1.91. The van der Waals surface area contributed by atoms with E-state index in [0.717, 1.165) is 5.92 Å². The maximum absolute atomic E-state index is 3.49. The van der Waals surface area contributed by atoms with Gasteiger partial charge in [-0.05, 0) is 37.3 Å². The zero-order valence-electron chi connectivity index (χ0n) is 7.53. The average Bonchev–Trinajstić information content (AvgIpc) is 2.80. The van der Waals surface area contributed by atoms with Crippen molar-refractivity contribution in [2.75, 3.05) is 5.43 Å². The SMILES string of the molecule is CCC(Nn1cccc1)C1CC1. The van der Waals surface area contributed by atoms with Crippen molar-refractivity contribution in [3.63, 3.8) is 0 Å². The Morgan fingerprint density at radius 1 is 1.42 bits per heavy atom. The predicted octanol–water partition coefficient (Wildman–Crippen LogP) is 2.22. The molecule has 0 aliphatic heterocycles. The minimum Gasteiger partial charge on any atom is -0.323 e. The third-order valence-electron chi connectivity index (χ3n) is 2.55. The summed E-state index contributed by atoms with van der Waals surface area (Å²) in [6.45, 7) is 2.25. The van der Waals surface area contributed by atoms with Crippen molar-refractivity contribution in [1.82, 2.24) is 4.68 Å². The quantitative estimate of drug-likeness (QED) is 0.722. The van der Waals surface area contributed by atoms with Gasteiger partial charge in [0.15, 0.2) is 0 Å². The Kier molecular flexibility index (Phi) is 2.07. The summed E-state index contributed by atoms with van der Waals surface area (Å²) in [6, 6.07) is 4.77. The van der Waals surface area contributed by atoms with Gasteiger partial charge in [-0.15, -0.1) is 0 Å². The molecule has 0 bridgehead atoms. The van der Waals surface area contributed by atoms with Crippen molar-refractivity contribution in [2.24, 2.45) is 5.92 Å². The number of nitrogens with one attached hydrogen (secondary N) is 1. The number of hydrogen-bond acceptors (Lipinski definition) is 1. The van der Waals surface area contributed by atoms with Gasteiger partial charge in [0.1, 0.15) is 0 Å². The molecule has 0 amide bonds. The fraction of sp³-hybridized carbons (Fsp3) is 0.600. The van der Waals surface area contributed by atoms with Crippen molar-refractivity contribution < 1.29 is 0 Å². The van der Waals surface area contributed by atoms with E-state index in [9.17, 15) is 0 Å². The molecule has 2 rings (SSSR count). The second kappa shape index (κ2) is 3.21. The van der Waals surface area contributed by atoms with Gasteiger partial charge in [-0.2, -0.15) is 0 Å². The normalized spacial score (nSPS) is 19.1. The molecule has 1 aliphatic carbocycles. The summed E-state index contributed by atoms with van der Waals surface area (Å²) in [7, 11) is 0. The van der Waals surface area contributed by atoms with Crippen molar-refractivity contribution >= 4 is 0 Å². The first-order valence-corrected chi connectivity index (χ1v) is 4.79. The monoisotopic (exact) mass is 164 g/mol. The lowest BCUT2D eigenvalue weighted by molar-refractivity contribution is 0.558. The second-order valence-electron chi connectivity index (χ2n) is 3.57. The number of aromatic nitrogens is 1. The average molecular weight is 164 g/mol. The molecule has 0 radical (unpaired) electrons. The van der Waals surface area contributed by atoms with Crippen molar-refractivity contribution in [2.45, 2.75) is 32.2 Å².